The summed E-state index contributed by atoms with van der Waals surface area (Å²) in [7, 11) is 0. The Bertz CT molecular complexity index is 1580. The highest BCUT2D eigenvalue weighted by Gasteiger charge is 2.35. The third kappa shape index (κ3) is 5.59. The van der Waals surface area contributed by atoms with E-state index in [0.717, 1.165) is 18.6 Å². The zero-order chi connectivity index (χ0) is 27.7. The van der Waals surface area contributed by atoms with E-state index in [2.05, 4.69) is 20.2 Å². The molecule has 0 amide bonds. The third-order valence-corrected chi connectivity index (χ3v) is 6.19. The predicted molar refractivity (Wildman–Crippen MR) is 131 cm³/mol. The molecule has 0 spiro atoms. The molecule has 2 aliphatic rings. The molecular weight excluding hydrogens is 521 g/mol. The zero-order valence-electron chi connectivity index (χ0n) is 20.8. The molecule has 7 nitrogen and oxygen atoms in total. The molecular formula is C27H22F5N5O2. The van der Waals surface area contributed by atoms with Gasteiger partial charge in [-0.2, -0.15) is 18.3 Å². The van der Waals surface area contributed by atoms with Gasteiger partial charge in [0.1, 0.15) is 29.4 Å². The Morgan fingerprint density at radius 3 is 2.56 bits per heavy atom. The lowest BCUT2D eigenvalue weighted by Gasteiger charge is -2.15. The molecule has 0 N–H and O–H groups in total. The molecule has 0 saturated heterocycles. The van der Waals surface area contributed by atoms with E-state index < -0.39 is 23.4 Å². The summed E-state index contributed by atoms with van der Waals surface area (Å²) in [6.07, 6.45) is -0.895. The van der Waals surface area contributed by atoms with Gasteiger partial charge in [-0.05, 0) is 36.2 Å². The first-order valence-corrected chi connectivity index (χ1v) is 12.1. The fraction of sp³-hybridized carbons (Fsp3) is 0.259. The number of benzene rings is 2. The first-order chi connectivity index (χ1) is 18.6. The van der Waals surface area contributed by atoms with Gasteiger partial charge in [-0.25, -0.2) is 18.7 Å². The second-order valence-electron chi connectivity index (χ2n) is 9.10. The van der Waals surface area contributed by atoms with Crippen LogP contribution in [0.2, 0.25) is 0 Å². The van der Waals surface area contributed by atoms with Gasteiger partial charge in [-0.1, -0.05) is 31.5 Å². The van der Waals surface area contributed by atoms with Gasteiger partial charge >= 0.3 is 6.18 Å². The van der Waals surface area contributed by atoms with E-state index in [9.17, 15) is 22.0 Å². The standard InChI is InChI=1S/C27H22F5N5O2/c1-3-15(2)14-38-16-7-8-18(20(9-16)27(30,31)32)22-10-17(39-36-22)12-37-13-24-23(11-33-37)34-26(35-24)19-5-4-6-21(28)25(19)29/h4-11,13,15H,3,12,14H2,1-2H3. The Hall–Kier alpha value is -4.35. The maximum absolute atomic E-state index is 14.2. The van der Waals surface area contributed by atoms with E-state index >= 15 is 0 Å². The molecule has 0 fully saturated rings. The van der Waals surface area contributed by atoms with E-state index in [1.54, 1.807) is 0 Å². The van der Waals surface area contributed by atoms with E-state index in [1.807, 2.05) is 13.8 Å². The van der Waals surface area contributed by atoms with Gasteiger partial charge in [0.25, 0.3) is 0 Å². The topological polar surface area (TPSA) is 78.9 Å². The van der Waals surface area contributed by atoms with E-state index in [1.165, 1.54) is 47.4 Å². The fourth-order valence-electron chi connectivity index (χ4n) is 3.85. The van der Waals surface area contributed by atoms with Gasteiger partial charge < -0.3 is 9.26 Å². The molecule has 3 aromatic rings. The Labute approximate surface area is 219 Å². The monoisotopic (exact) mass is 543 g/mol. The van der Waals surface area contributed by atoms with Crippen molar-refractivity contribution < 1.29 is 31.2 Å². The SMILES string of the molecule is CCC(C)COc1ccc(-c2cc(Cn3cc4nc(-c5cccc(F)c5F)nc-4cn3)on2)c(C(F)(F)F)c1. The average Bonchev–Trinajstić information content (AvgIpc) is 3.55. The minimum absolute atomic E-state index is 0.000223. The molecule has 0 radical (unpaired) electrons. The van der Waals surface area contributed by atoms with Gasteiger partial charge in [0.15, 0.2) is 23.2 Å². The lowest BCUT2D eigenvalue weighted by atomic mass is 10.0. The molecule has 1 unspecified atom stereocenters. The minimum Gasteiger partial charge on any atom is -0.493 e. The number of hydrogen-bond acceptors (Lipinski definition) is 6. The number of aromatic nitrogens is 5. The van der Waals surface area contributed by atoms with Crippen LogP contribution in [0.3, 0.4) is 0 Å². The van der Waals surface area contributed by atoms with Crippen LogP contribution >= 0.6 is 0 Å². The van der Waals surface area contributed by atoms with Crippen molar-refractivity contribution in [2.75, 3.05) is 6.61 Å². The molecule has 3 heterocycles. The maximum atomic E-state index is 14.2. The van der Waals surface area contributed by atoms with Crippen LogP contribution in [0.15, 0.2) is 59.4 Å². The van der Waals surface area contributed by atoms with E-state index in [4.69, 9.17) is 9.26 Å². The number of hydrogen-bond donors (Lipinski definition) is 0. The molecule has 5 rings (SSSR count). The van der Waals surface area contributed by atoms with E-state index in [0.29, 0.717) is 18.0 Å². The average molecular weight is 543 g/mol. The first kappa shape index (κ1) is 26.3. The van der Waals surface area contributed by atoms with Crippen molar-refractivity contribution in [3.05, 3.63) is 77.8 Å². The van der Waals surface area contributed by atoms with Crippen LogP contribution in [-0.2, 0) is 12.7 Å². The predicted octanol–water partition coefficient (Wildman–Crippen LogP) is 6.87. The number of imidazole rings is 1. The highest BCUT2D eigenvalue weighted by molar-refractivity contribution is 5.66. The Morgan fingerprint density at radius 1 is 1.00 bits per heavy atom. The Kier molecular flexibility index (Phi) is 7.02. The zero-order valence-corrected chi connectivity index (χ0v) is 20.8. The molecule has 202 valence electrons. The number of halogens is 5. The summed E-state index contributed by atoms with van der Waals surface area (Å²) in [5.41, 5.74) is -0.408. The number of alkyl halides is 3. The maximum Gasteiger partial charge on any atom is 0.417 e. The van der Waals surface area contributed by atoms with Gasteiger partial charge in [0, 0.05) is 11.6 Å². The van der Waals surface area contributed by atoms with Crippen LogP contribution in [0.5, 0.6) is 5.75 Å². The molecule has 2 aliphatic heterocycles. The quantitative estimate of drug-likeness (QED) is 0.199. The van der Waals surface area contributed by atoms with Crippen molar-refractivity contribution in [2.45, 2.75) is 33.0 Å². The van der Waals surface area contributed by atoms with Gasteiger partial charge in [-0.15, -0.1) is 0 Å². The summed E-state index contributed by atoms with van der Waals surface area (Å²) >= 11 is 0. The summed E-state index contributed by atoms with van der Waals surface area (Å²) in [5.74, 6) is -1.51. The summed E-state index contributed by atoms with van der Waals surface area (Å²) in [6, 6.07) is 8.85. The molecule has 1 atom stereocenters. The number of rotatable bonds is 8. The molecule has 1 aromatic heterocycles. The normalized spacial score (nSPS) is 12.7. The second-order valence-corrected chi connectivity index (χ2v) is 9.10. The fourth-order valence-corrected chi connectivity index (χ4v) is 3.85. The lowest BCUT2D eigenvalue weighted by molar-refractivity contribution is -0.137. The van der Waals surface area contributed by atoms with Crippen molar-refractivity contribution in [2.24, 2.45) is 5.92 Å². The summed E-state index contributed by atoms with van der Waals surface area (Å²) in [5, 5.41) is 8.04. The second kappa shape index (κ2) is 10.4. The minimum atomic E-state index is -4.64. The van der Waals surface area contributed by atoms with Crippen molar-refractivity contribution in [1.29, 1.82) is 0 Å². The first-order valence-electron chi connectivity index (χ1n) is 12.1. The number of ether oxygens (including phenoxy) is 1. The van der Waals surface area contributed by atoms with Crippen molar-refractivity contribution in [1.82, 2.24) is 24.9 Å². The molecule has 0 aliphatic carbocycles. The molecule has 39 heavy (non-hydrogen) atoms. The van der Waals surface area contributed by atoms with Gasteiger partial charge in [0.05, 0.1) is 30.1 Å². The van der Waals surface area contributed by atoms with Crippen LogP contribution in [0.4, 0.5) is 22.0 Å². The van der Waals surface area contributed by atoms with Crippen molar-refractivity contribution in [3.63, 3.8) is 0 Å². The Balaban J connectivity index is 1.38. The van der Waals surface area contributed by atoms with Crippen LogP contribution in [0.1, 0.15) is 31.6 Å². The largest absolute Gasteiger partial charge is 0.493 e. The van der Waals surface area contributed by atoms with Gasteiger partial charge in [-0.3, -0.25) is 4.68 Å². The van der Waals surface area contributed by atoms with Gasteiger partial charge in [0.2, 0.25) is 0 Å². The number of fused-ring (bicyclic) bond motifs is 1. The third-order valence-electron chi connectivity index (χ3n) is 6.19. The molecule has 0 saturated carbocycles. The summed E-state index contributed by atoms with van der Waals surface area (Å²) in [6.45, 7) is 4.26. The highest BCUT2D eigenvalue weighted by Crippen LogP contribution is 2.39. The van der Waals surface area contributed by atoms with Crippen molar-refractivity contribution >= 4 is 0 Å². The molecule has 12 heteroatoms. The highest BCUT2D eigenvalue weighted by atomic mass is 19.4. The van der Waals surface area contributed by atoms with Crippen LogP contribution in [0, 0.1) is 17.6 Å². The summed E-state index contributed by atoms with van der Waals surface area (Å²) < 4.78 is 81.6. The number of nitrogens with zero attached hydrogens (tertiary/aromatic N) is 5. The van der Waals surface area contributed by atoms with Crippen LogP contribution < -0.4 is 4.74 Å². The van der Waals surface area contributed by atoms with Crippen LogP contribution in [-0.4, -0.2) is 31.5 Å². The molecule has 2 aromatic carbocycles. The molecule has 0 bridgehead atoms. The lowest BCUT2D eigenvalue weighted by Crippen LogP contribution is -2.10. The van der Waals surface area contributed by atoms with Crippen LogP contribution in [0.25, 0.3) is 34.0 Å². The Morgan fingerprint density at radius 2 is 1.79 bits per heavy atom. The van der Waals surface area contributed by atoms with Crippen molar-refractivity contribution in [3.8, 4) is 39.8 Å². The van der Waals surface area contributed by atoms with E-state index in [-0.39, 0.29) is 46.6 Å². The summed E-state index contributed by atoms with van der Waals surface area (Å²) in [4.78, 5) is 8.45. The smallest absolute Gasteiger partial charge is 0.417 e.